The van der Waals surface area contributed by atoms with Crippen LogP contribution in [0, 0.1) is 6.92 Å². The Labute approximate surface area is 170 Å². The topological polar surface area (TPSA) is 90.7 Å². The monoisotopic (exact) mass is 400 g/mol. The molecule has 0 spiro atoms. The van der Waals surface area contributed by atoms with Gasteiger partial charge in [0.15, 0.2) is 11.5 Å². The van der Waals surface area contributed by atoms with Gasteiger partial charge in [-0.1, -0.05) is 18.2 Å². The second-order valence-electron chi connectivity index (χ2n) is 6.87. The van der Waals surface area contributed by atoms with Crippen LogP contribution in [-0.4, -0.2) is 17.7 Å². The lowest BCUT2D eigenvalue weighted by Gasteiger charge is -2.08. The Balaban J connectivity index is 1.45. The first kappa shape index (κ1) is 17.9. The molecule has 2 aromatic heterocycles. The molecule has 0 atom stereocenters. The predicted octanol–water partition coefficient (Wildman–Crippen LogP) is 4.03. The Hall–Kier alpha value is -4.13. The van der Waals surface area contributed by atoms with E-state index in [0.29, 0.717) is 44.8 Å². The highest BCUT2D eigenvalue weighted by molar-refractivity contribution is 6.05. The van der Waals surface area contributed by atoms with E-state index >= 15 is 0 Å². The number of amides is 1. The Kier molecular flexibility index (Phi) is 4.21. The van der Waals surface area contributed by atoms with Crippen molar-refractivity contribution < 1.29 is 18.7 Å². The van der Waals surface area contributed by atoms with Gasteiger partial charge in [-0.2, -0.15) is 0 Å². The molecular weight excluding hydrogens is 384 g/mol. The van der Waals surface area contributed by atoms with Crippen LogP contribution in [0.15, 0.2) is 63.8 Å². The van der Waals surface area contributed by atoms with E-state index < -0.39 is 5.63 Å². The van der Waals surface area contributed by atoms with E-state index in [1.165, 1.54) is 6.08 Å². The summed E-state index contributed by atoms with van der Waals surface area (Å²) in [7, 11) is 0. The van der Waals surface area contributed by atoms with Crippen molar-refractivity contribution in [3.63, 3.8) is 0 Å². The van der Waals surface area contributed by atoms with Gasteiger partial charge in [0.05, 0.1) is 10.9 Å². The molecule has 1 aliphatic rings. The van der Waals surface area contributed by atoms with Gasteiger partial charge in [0.2, 0.25) is 12.7 Å². The minimum Gasteiger partial charge on any atom is -0.454 e. The molecule has 1 N–H and O–H groups in total. The molecule has 0 saturated heterocycles. The first-order chi connectivity index (χ1) is 14.6. The zero-order valence-corrected chi connectivity index (χ0v) is 16.0. The van der Waals surface area contributed by atoms with E-state index in [-0.39, 0.29) is 12.7 Å². The number of rotatable bonds is 3. The number of hydrogen-bond donors (Lipinski definition) is 1. The molecule has 0 fully saturated rings. The molecule has 0 saturated carbocycles. The number of carbonyl (C=O) groups is 1. The first-order valence-electron chi connectivity index (χ1n) is 9.30. The zero-order valence-electron chi connectivity index (χ0n) is 16.0. The van der Waals surface area contributed by atoms with E-state index in [1.807, 2.05) is 18.2 Å². The maximum Gasteiger partial charge on any atom is 0.346 e. The molecule has 148 valence electrons. The number of pyridine rings is 1. The normalized spacial score (nSPS) is 12.7. The number of fused-ring (bicyclic) bond motifs is 4. The summed E-state index contributed by atoms with van der Waals surface area (Å²) < 4.78 is 16.0. The van der Waals surface area contributed by atoms with Crippen LogP contribution in [0.5, 0.6) is 11.5 Å². The van der Waals surface area contributed by atoms with Crippen LogP contribution >= 0.6 is 0 Å². The van der Waals surface area contributed by atoms with Crippen LogP contribution in [-0.2, 0) is 4.79 Å². The summed E-state index contributed by atoms with van der Waals surface area (Å²) in [4.78, 5) is 29.3. The van der Waals surface area contributed by atoms with Crippen LogP contribution < -0.4 is 20.4 Å². The summed E-state index contributed by atoms with van der Waals surface area (Å²) in [6, 6.07) is 14.3. The Morgan fingerprint density at radius 1 is 1.10 bits per heavy atom. The molecule has 5 rings (SSSR count). The highest BCUT2D eigenvalue weighted by atomic mass is 16.7. The lowest BCUT2D eigenvalue weighted by Crippen LogP contribution is -2.11. The number of aromatic nitrogens is 1. The number of para-hydroxylation sites is 1. The summed E-state index contributed by atoms with van der Waals surface area (Å²) in [6.07, 6.45) is 3.09. The molecule has 7 heteroatoms. The van der Waals surface area contributed by atoms with E-state index in [9.17, 15) is 9.59 Å². The molecule has 2 aromatic carbocycles. The van der Waals surface area contributed by atoms with Crippen molar-refractivity contribution in [3.05, 3.63) is 76.2 Å². The maximum absolute atomic E-state index is 12.4. The SMILES string of the molecule is Cc1cc(NC(=O)C=Cc2ccc3c(c2)OCO3)nc2c1c(=O)oc1ccccc12. The van der Waals surface area contributed by atoms with Crippen molar-refractivity contribution in [1.82, 2.24) is 4.98 Å². The molecule has 1 amide bonds. The average Bonchev–Trinajstić information content (AvgIpc) is 3.20. The largest absolute Gasteiger partial charge is 0.454 e. The lowest BCUT2D eigenvalue weighted by molar-refractivity contribution is -0.111. The molecule has 0 radical (unpaired) electrons. The molecular formula is C23H16N2O5. The predicted molar refractivity (Wildman–Crippen MR) is 113 cm³/mol. The van der Waals surface area contributed by atoms with Gasteiger partial charge < -0.3 is 19.2 Å². The van der Waals surface area contributed by atoms with Crippen LogP contribution in [0.25, 0.3) is 27.9 Å². The first-order valence-corrected chi connectivity index (χ1v) is 9.30. The van der Waals surface area contributed by atoms with Gasteiger partial charge in [0, 0.05) is 11.5 Å². The molecule has 4 aromatic rings. The zero-order chi connectivity index (χ0) is 20.7. The van der Waals surface area contributed by atoms with Crippen LogP contribution in [0.3, 0.4) is 0 Å². The fourth-order valence-electron chi connectivity index (χ4n) is 3.45. The fraction of sp³-hybridized carbons (Fsp3) is 0.0870. The number of aryl methyl sites for hydroxylation is 1. The van der Waals surface area contributed by atoms with Crippen molar-refractivity contribution in [2.24, 2.45) is 0 Å². The number of nitrogens with zero attached hydrogens (tertiary/aromatic N) is 1. The van der Waals surface area contributed by atoms with Gasteiger partial charge in [-0.25, -0.2) is 9.78 Å². The number of carbonyl (C=O) groups excluding carboxylic acids is 1. The third-order valence-electron chi connectivity index (χ3n) is 4.84. The summed E-state index contributed by atoms with van der Waals surface area (Å²) >= 11 is 0. The van der Waals surface area contributed by atoms with E-state index in [1.54, 1.807) is 43.3 Å². The fourth-order valence-corrected chi connectivity index (χ4v) is 3.45. The van der Waals surface area contributed by atoms with Gasteiger partial charge in [-0.05, 0) is 54.5 Å². The van der Waals surface area contributed by atoms with Crippen molar-refractivity contribution in [1.29, 1.82) is 0 Å². The maximum atomic E-state index is 12.4. The standard InChI is InChI=1S/C23H16N2O5/c1-13-10-19(25-22-15-4-2-3-5-16(15)30-23(27)21(13)22)24-20(26)9-7-14-6-8-17-18(11-14)29-12-28-17/h2-11H,12H2,1H3,(H,24,25,26). The molecule has 1 aliphatic heterocycles. The molecule has 0 aliphatic carbocycles. The molecule has 0 unspecified atom stereocenters. The highest BCUT2D eigenvalue weighted by Gasteiger charge is 2.14. The summed E-state index contributed by atoms with van der Waals surface area (Å²) in [6.45, 7) is 1.98. The Morgan fingerprint density at radius 3 is 2.83 bits per heavy atom. The smallest absolute Gasteiger partial charge is 0.346 e. The van der Waals surface area contributed by atoms with Gasteiger partial charge in [0.25, 0.3) is 0 Å². The van der Waals surface area contributed by atoms with E-state index in [0.717, 1.165) is 5.56 Å². The number of benzene rings is 2. The molecule has 30 heavy (non-hydrogen) atoms. The number of ether oxygens (including phenoxy) is 2. The summed E-state index contributed by atoms with van der Waals surface area (Å²) in [5, 5.41) is 3.87. The number of anilines is 1. The Bertz CT molecular complexity index is 1400. The second kappa shape index (κ2) is 7.04. The molecule has 7 nitrogen and oxygen atoms in total. The van der Waals surface area contributed by atoms with Gasteiger partial charge >= 0.3 is 5.63 Å². The van der Waals surface area contributed by atoms with Crippen molar-refractivity contribution in [2.45, 2.75) is 6.92 Å². The third-order valence-corrected chi connectivity index (χ3v) is 4.84. The quantitative estimate of drug-likeness (QED) is 0.317. The average molecular weight is 400 g/mol. The van der Waals surface area contributed by atoms with Crippen molar-refractivity contribution in [2.75, 3.05) is 12.1 Å². The summed E-state index contributed by atoms with van der Waals surface area (Å²) in [5.74, 6) is 1.35. The van der Waals surface area contributed by atoms with E-state index in [2.05, 4.69) is 10.3 Å². The lowest BCUT2D eigenvalue weighted by atomic mass is 10.1. The number of nitrogens with one attached hydrogen (secondary N) is 1. The highest BCUT2D eigenvalue weighted by Crippen LogP contribution is 2.32. The van der Waals surface area contributed by atoms with Gasteiger partial charge in [-0.3, -0.25) is 4.79 Å². The third kappa shape index (κ3) is 3.16. The molecule has 3 heterocycles. The van der Waals surface area contributed by atoms with Crippen molar-refractivity contribution in [3.8, 4) is 11.5 Å². The minimum atomic E-state index is -0.450. The number of hydrogen-bond acceptors (Lipinski definition) is 6. The van der Waals surface area contributed by atoms with Gasteiger partial charge in [-0.15, -0.1) is 0 Å². The van der Waals surface area contributed by atoms with Crippen LogP contribution in [0.1, 0.15) is 11.1 Å². The van der Waals surface area contributed by atoms with Crippen LogP contribution in [0.4, 0.5) is 5.82 Å². The van der Waals surface area contributed by atoms with Crippen LogP contribution in [0.2, 0.25) is 0 Å². The van der Waals surface area contributed by atoms with E-state index in [4.69, 9.17) is 13.9 Å². The van der Waals surface area contributed by atoms with Crippen molar-refractivity contribution >= 4 is 39.7 Å². The Morgan fingerprint density at radius 2 is 1.93 bits per heavy atom. The second-order valence-corrected chi connectivity index (χ2v) is 6.87. The van der Waals surface area contributed by atoms with Gasteiger partial charge in [0.1, 0.15) is 11.4 Å². The minimum absolute atomic E-state index is 0.197. The summed E-state index contributed by atoms with van der Waals surface area (Å²) in [5.41, 5.74) is 1.98. The molecule has 0 bridgehead atoms.